The summed E-state index contributed by atoms with van der Waals surface area (Å²) in [6.07, 6.45) is 0. The Morgan fingerprint density at radius 1 is 0.947 bits per heavy atom. The molecular weight excluding hydrogens is 352 g/mol. The molecule has 0 atom stereocenters. The molecule has 0 bridgehead atoms. The first-order valence-electron chi connectivity index (χ1n) is 4.27. The molecule has 1 aromatic carbocycles. The summed E-state index contributed by atoms with van der Waals surface area (Å²) in [4.78, 5) is 0.143. The summed E-state index contributed by atoms with van der Waals surface area (Å²) in [7, 11) is 0.0242. The van der Waals surface area contributed by atoms with Crippen molar-refractivity contribution in [2.75, 3.05) is 0 Å². The molecule has 0 spiro atoms. The average molecular weight is 359 g/mol. The van der Waals surface area contributed by atoms with Gasteiger partial charge in [-0.2, -0.15) is 13.2 Å². The molecule has 0 unspecified atom stereocenters. The van der Waals surface area contributed by atoms with E-state index in [1.807, 2.05) is 6.92 Å². The van der Waals surface area contributed by atoms with Crippen molar-refractivity contribution in [3.63, 3.8) is 0 Å². The smallest absolute Gasteiger partial charge is 0.207 e. The SMILES string of the molecule is Cc1ccc(S(=O)(=O)Cl)cc1.O=S(=O)(Cl)C(F)(F)F. The fourth-order valence-corrected chi connectivity index (χ4v) is 1.47. The van der Waals surface area contributed by atoms with Gasteiger partial charge >= 0.3 is 14.6 Å². The fourth-order valence-electron chi connectivity index (χ4n) is 0.701. The molecule has 1 aromatic rings. The number of rotatable bonds is 1. The summed E-state index contributed by atoms with van der Waals surface area (Å²) in [5.74, 6) is 0. The van der Waals surface area contributed by atoms with Crippen LogP contribution in [0.2, 0.25) is 0 Å². The van der Waals surface area contributed by atoms with Gasteiger partial charge in [-0.1, -0.05) is 17.7 Å². The highest BCUT2D eigenvalue weighted by Gasteiger charge is 2.44. The molecule has 19 heavy (non-hydrogen) atoms. The van der Waals surface area contributed by atoms with Gasteiger partial charge < -0.3 is 0 Å². The van der Waals surface area contributed by atoms with Gasteiger partial charge in [0.05, 0.1) is 4.90 Å². The van der Waals surface area contributed by atoms with E-state index in [1.54, 1.807) is 12.1 Å². The van der Waals surface area contributed by atoms with Gasteiger partial charge in [-0.15, -0.1) is 0 Å². The van der Waals surface area contributed by atoms with E-state index in [-0.39, 0.29) is 4.90 Å². The third-order valence-corrected chi connectivity index (χ3v) is 4.03. The van der Waals surface area contributed by atoms with Gasteiger partial charge in [0.15, 0.2) is 0 Å². The molecule has 0 saturated carbocycles. The molecule has 0 fully saturated rings. The molecule has 0 aliphatic heterocycles. The minimum atomic E-state index is -5.37. The first kappa shape index (κ1) is 18.5. The van der Waals surface area contributed by atoms with Crippen molar-refractivity contribution in [1.82, 2.24) is 0 Å². The van der Waals surface area contributed by atoms with Gasteiger partial charge in [0.2, 0.25) is 0 Å². The summed E-state index contributed by atoms with van der Waals surface area (Å²) < 4.78 is 72.5. The maximum Gasteiger partial charge on any atom is 0.511 e. The molecule has 11 heteroatoms. The van der Waals surface area contributed by atoms with Gasteiger partial charge in [-0.25, -0.2) is 16.8 Å². The second kappa shape index (κ2) is 6.29. The summed E-state index contributed by atoms with van der Waals surface area (Å²) in [5, 5.41) is 0. The van der Waals surface area contributed by atoms with Gasteiger partial charge in [0, 0.05) is 21.4 Å². The van der Waals surface area contributed by atoms with Gasteiger partial charge in [0.25, 0.3) is 9.05 Å². The Morgan fingerprint density at radius 3 is 1.47 bits per heavy atom. The minimum absolute atomic E-state index is 0.143. The highest BCUT2D eigenvalue weighted by Crippen LogP contribution is 2.25. The molecule has 4 nitrogen and oxygen atoms in total. The third kappa shape index (κ3) is 7.00. The van der Waals surface area contributed by atoms with Crippen LogP contribution in [0.15, 0.2) is 29.2 Å². The van der Waals surface area contributed by atoms with Crippen LogP contribution in [-0.2, 0) is 18.1 Å². The number of hydrogen-bond donors (Lipinski definition) is 0. The lowest BCUT2D eigenvalue weighted by Gasteiger charge is -1.96. The number of alkyl halides is 3. The topological polar surface area (TPSA) is 68.3 Å². The largest absolute Gasteiger partial charge is 0.511 e. The summed E-state index contributed by atoms with van der Waals surface area (Å²) in [5.41, 5.74) is -4.32. The standard InChI is InChI=1S/C7H7ClO2S.CClF3O2S/c1-6-2-4-7(5-3-6)11(8,9)10;2-8(6,7)1(3,4)5/h2-5H,1H3;. The summed E-state index contributed by atoms with van der Waals surface area (Å²) in [6.45, 7) is 1.88. The molecule has 0 aliphatic rings. The highest BCUT2D eigenvalue weighted by atomic mass is 35.7. The van der Waals surface area contributed by atoms with E-state index in [1.165, 1.54) is 12.1 Å². The van der Waals surface area contributed by atoms with Crippen molar-refractivity contribution < 1.29 is 30.0 Å². The molecule has 1 rings (SSSR count). The second-order valence-electron chi connectivity index (χ2n) is 3.13. The Hall–Kier alpha value is -0.510. The summed E-state index contributed by atoms with van der Waals surface area (Å²) in [6, 6.07) is 6.37. The van der Waals surface area contributed by atoms with Gasteiger partial charge in [-0.3, -0.25) is 0 Å². The van der Waals surface area contributed by atoms with Gasteiger partial charge in [-0.05, 0) is 19.1 Å². The zero-order valence-electron chi connectivity index (χ0n) is 9.15. The zero-order valence-corrected chi connectivity index (χ0v) is 12.3. The van der Waals surface area contributed by atoms with E-state index >= 15 is 0 Å². The number of benzene rings is 1. The maximum absolute atomic E-state index is 10.8. The molecule has 0 amide bonds. The Bertz CT molecular complexity index is 621. The van der Waals surface area contributed by atoms with E-state index < -0.39 is 23.6 Å². The van der Waals surface area contributed by atoms with Crippen LogP contribution in [-0.4, -0.2) is 22.3 Å². The average Bonchev–Trinajstić information content (AvgIpc) is 2.14. The van der Waals surface area contributed by atoms with E-state index in [0.29, 0.717) is 0 Å². The molecule has 0 aliphatic carbocycles. The minimum Gasteiger partial charge on any atom is -0.207 e. The van der Waals surface area contributed by atoms with Crippen LogP contribution in [0, 0.1) is 6.92 Å². The first-order chi connectivity index (χ1) is 8.25. The molecule has 0 aromatic heterocycles. The summed E-state index contributed by atoms with van der Waals surface area (Å²) >= 11 is 0. The van der Waals surface area contributed by atoms with Crippen molar-refractivity contribution in [3.8, 4) is 0 Å². The van der Waals surface area contributed by atoms with E-state index in [2.05, 4.69) is 10.7 Å². The van der Waals surface area contributed by atoms with Crippen molar-refractivity contribution in [2.24, 2.45) is 0 Å². The lowest BCUT2D eigenvalue weighted by molar-refractivity contribution is -0.0412. The van der Waals surface area contributed by atoms with Crippen LogP contribution < -0.4 is 0 Å². The van der Waals surface area contributed by atoms with Crippen molar-refractivity contribution >= 4 is 39.5 Å². The highest BCUT2D eigenvalue weighted by molar-refractivity contribution is 8.14. The fraction of sp³-hybridized carbons (Fsp3) is 0.250. The molecule has 0 N–H and O–H groups in total. The predicted octanol–water partition coefficient (Wildman–Crippen LogP) is 3.00. The maximum atomic E-state index is 10.8. The Kier molecular flexibility index (Phi) is 6.12. The van der Waals surface area contributed by atoms with Crippen LogP contribution in [0.3, 0.4) is 0 Å². The normalized spacial score (nSPS) is 12.5. The number of halogens is 5. The second-order valence-corrected chi connectivity index (χ2v) is 8.26. The monoisotopic (exact) mass is 358 g/mol. The molecule has 0 heterocycles. The molecular formula is C8H7Cl2F3O4S2. The van der Waals surface area contributed by atoms with E-state index in [9.17, 15) is 30.0 Å². The van der Waals surface area contributed by atoms with Crippen LogP contribution in [0.5, 0.6) is 0 Å². The third-order valence-electron chi connectivity index (χ3n) is 1.58. The molecule has 0 radical (unpaired) electrons. The van der Waals surface area contributed by atoms with E-state index in [4.69, 9.17) is 10.7 Å². The zero-order chi connectivity index (χ0) is 15.5. The van der Waals surface area contributed by atoms with Crippen molar-refractivity contribution in [1.29, 1.82) is 0 Å². The van der Waals surface area contributed by atoms with Crippen LogP contribution in [0.1, 0.15) is 5.56 Å². The molecule has 0 saturated heterocycles. The van der Waals surface area contributed by atoms with E-state index in [0.717, 1.165) is 5.56 Å². The van der Waals surface area contributed by atoms with Crippen LogP contribution in [0.25, 0.3) is 0 Å². The Morgan fingerprint density at radius 2 is 1.26 bits per heavy atom. The van der Waals surface area contributed by atoms with Crippen molar-refractivity contribution in [3.05, 3.63) is 29.8 Å². The Balaban J connectivity index is 0.000000362. The van der Waals surface area contributed by atoms with Gasteiger partial charge in [0.1, 0.15) is 0 Å². The van der Waals surface area contributed by atoms with Crippen LogP contribution in [0.4, 0.5) is 13.2 Å². The van der Waals surface area contributed by atoms with Crippen LogP contribution >= 0.6 is 21.4 Å². The lowest BCUT2D eigenvalue weighted by Crippen LogP contribution is -2.16. The number of hydrogen-bond acceptors (Lipinski definition) is 4. The first-order valence-corrected chi connectivity index (χ1v) is 8.89. The predicted molar refractivity (Wildman–Crippen MR) is 65.0 cm³/mol. The number of aryl methyl sites for hydroxylation is 1. The quantitative estimate of drug-likeness (QED) is 0.723. The Labute approximate surface area is 117 Å². The lowest BCUT2D eigenvalue weighted by atomic mass is 10.2. The molecule has 110 valence electrons. The van der Waals surface area contributed by atoms with Crippen molar-refractivity contribution in [2.45, 2.75) is 17.3 Å².